The fourth-order valence-corrected chi connectivity index (χ4v) is 1.81. The zero-order valence-electron chi connectivity index (χ0n) is 12.7. The molecule has 0 saturated heterocycles. The second-order valence-corrected chi connectivity index (χ2v) is 4.35. The second-order valence-electron chi connectivity index (χ2n) is 4.35. The van der Waals surface area contributed by atoms with Crippen LogP contribution in [0.1, 0.15) is 5.82 Å². The monoisotopic (exact) mass is 417 g/mol. The lowest BCUT2D eigenvalue weighted by Gasteiger charge is -2.10. The number of halogens is 1. The number of rotatable bonds is 5. The fraction of sp³-hybridized carbons (Fsp3) is 0.286. The van der Waals surface area contributed by atoms with Gasteiger partial charge in [0.1, 0.15) is 12.4 Å². The number of anilines is 1. The highest BCUT2D eigenvalue weighted by Gasteiger charge is 2.05. The Bertz CT molecular complexity index is 642. The lowest BCUT2D eigenvalue weighted by Crippen LogP contribution is -2.22. The molecule has 0 aliphatic carbocycles. The summed E-state index contributed by atoms with van der Waals surface area (Å²) in [4.78, 5) is 8.43. The molecule has 2 aromatic rings. The maximum atomic E-state index is 5.86. The van der Waals surface area contributed by atoms with Gasteiger partial charge in [-0.15, -0.1) is 24.0 Å². The van der Waals surface area contributed by atoms with Gasteiger partial charge in [0.15, 0.2) is 17.5 Å². The van der Waals surface area contributed by atoms with Gasteiger partial charge in [-0.2, -0.15) is 0 Å². The van der Waals surface area contributed by atoms with Crippen LogP contribution in [0.5, 0.6) is 11.5 Å². The summed E-state index contributed by atoms with van der Waals surface area (Å²) in [6.07, 6.45) is 3.59. The van der Waals surface area contributed by atoms with Gasteiger partial charge in [0.25, 0.3) is 0 Å². The summed E-state index contributed by atoms with van der Waals surface area (Å²) in [6, 6.07) is 5.43. The van der Waals surface area contributed by atoms with E-state index in [1.165, 1.54) is 0 Å². The topological polar surface area (TPSA) is 86.7 Å². The van der Waals surface area contributed by atoms with Crippen molar-refractivity contribution in [3.8, 4) is 11.5 Å². The number of methoxy groups -OCH3 is 2. The molecule has 0 amide bonds. The average molecular weight is 417 g/mol. The molecule has 3 N–H and O–H groups in total. The van der Waals surface area contributed by atoms with Crippen molar-refractivity contribution in [3.05, 3.63) is 36.4 Å². The first kappa shape index (κ1) is 18.1. The Morgan fingerprint density at radius 3 is 2.64 bits per heavy atom. The molecule has 22 heavy (non-hydrogen) atoms. The number of nitrogens with two attached hydrogens (primary N) is 1. The highest BCUT2D eigenvalue weighted by Crippen LogP contribution is 2.29. The molecule has 0 aliphatic rings. The van der Waals surface area contributed by atoms with Crippen LogP contribution in [0.2, 0.25) is 0 Å². The molecule has 2 rings (SSSR count). The quantitative estimate of drug-likeness (QED) is 0.442. The van der Waals surface area contributed by atoms with E-state index in [0.717, 1.165) is 11.5 Å². The number of ether oxygens (including phenoxy) is 2. The Kier molecular flexibility index (Phi) is 6.96. The van der Waals surface area contributed by atoms with Crippen molar-refractivity contribution in [1.29, 1.82) is 0 Å². The molecule has 0 aliphatic heterocycles. The smallest absolute Gasteiger partial charge is 0.193 e. The maximum absolute atomic E-state index is 5.86. The Labute approximate surface area is 146 Å². The minimum Gasteiger partial charge on any atom is -0.493 e. The Balaban J connectivity index is 0.00000242. The molecular formula is C14H20IN5O2. The first-order valence-corrected chi connectivity index (χ1v) is 6.39. The Morgan fingerprint density at radius 2 is 2.05 bits per heavy atom. The lowest BCUT2D eigenvalue weighted by atomic mass is 10.3. The summed E-state index contributed by atoms with van der Waals surface area (Å²) in [6.45, 7) is 0.412. The van der Waals surface area contributed by atoms with Crippen molar-refractivity contribution in [2.75, 3.05) is 19.5 Å². The van der Waals surface area contributed by atoms with Crippen molar-refractivity contribution in [1.82, 2.24) is 9.55 Å². The minimum atomic E-state index is 0. The molecule has 0 fully saturated rings. The number of guanidine groups is 1. The fourth-order valence-electron chi connectivity index (χ4n) is 1.81. The summed E-state index contributed by atoms with van der Waals surface area (Å²) < 4.78 is 12.3. The van der Waals surface area contributed by atoms with Gasteiger partial charge >= 0.3 is 0 Å². The predicted octanol–water partition coefficient (Wildman–Crippen LogP) is 1.98. The average Bonchev–Trinajstić information content (AvgIpc) is 2.90. The molecule has 0 spiro atoms. The van der Waals surface area contributed by atoms with Crippen LogP contribution in [0, 0.1) is 0 Å². The Hall–Kier alpha value is -1.97. The molecule has 0 radical (unpaired) electrons. The SMILES string of the molecule is COc1ccc(NC(N)=NCc2nccn2C)cc1OC.I. The zero-order valence-corrected chi connectivity index (χ0v) is 15.1. The van der Waals surface area contributed by atoms with Gasteiger partial charge in [0, 0.05) is 31.2 Å². The number of hydrogen-bond donors (Lipinski definition) is 2. The summed E-state index contributed by atoms with van der Waals surface area (Å²) in [5.41, 5.74) is 6.64. The van der Waals surface area contributed by atoms with Crippen molar-refractivity contribution >= 4 is 35.6 Å². The standard InChI is InChI=1S/C14H19N5O2.HI/c1-19-7-6-16-13(19)9-17-14(15)18-10-4-5-11(20-2)12(8-10)21-3;/h4-8H,9H2,1-3H3,(H3,15,17,18);1H. The highest BCUT2D eigenvalue weighted by molar-refractivity contribution is 14.0. The molecule has 0 unspecified atom stereocenters. The minimum absolute atomic E-state index is 0. The maximum Gasteiger partial charge on any atom is 0.193 e. The summed E-state index contributed by atoms with van der Waals surface area (Å²) in [7, 11) is 5.09. The third kappa shape index (κ3) is 4.52. The van der Waals surface area contributed by atoms with Crippen LogP contribution >= 0.6 is 24.0 Å². The predicted molar refractivity (Wildman–Crippen MR) is 97.1 cm³/mol. The summed E-state index contributed by atoms with van der Waals surface area (Å²) in [5, 5.41) is 3.00. The first-order chi connectivity index (χ1) is 10.1. The van der Waals surface area contributed by atoms with E-state index in [9.17, 15) is 0 Å². The van der Waals surface area contributed by atoms with Crippen LogP contribution in [-0.2, 0) is 13.6 Å². The third-order valence-corrected chi connectivity index (χ3v) is 2.97. The largest absolute Gasteiger partial charge is 0.493 e. The van der Waals surface area contributed by atoms with Gasteiger partial charge in [-0.05, 0) is 12.1 Å². The van der Waals surface area contributed by atoms with E-state index in [-0.39, 0.29) is 24.0 Å². The van der Waals surface area contributed by atoms with E-state index in [0.29, 0.717) is 24.0 Å². The third-order valence-electron chi connectivity index (χ3n) is 2.97. The molecule has 0 saturated carbocycles. The molecular weight excluding hydrogens is 397 g/mol. The van der Waals surface area contributed by atoms with E-state index < -0.39 is 0 Å². The number of aryl methyl sites for hydroxylation is 1. The normalized spacial score (nSPS) is 10.8. The van der Waals surface area contributed by atoms with E-state index >= 15 is 0 Å². The van der Waals surface area contributed by atoms with Crippen molar-refractivity contribution in [3.63, 3.8) is 0 Å². The molecule has 1 aromatic heterocycles. The van der Waals surface area contributed by atoms with Crippen LogP contribution in [0.25, 0.3) is 0 Å². The number of benzene rings is 1. The van der Waals surface area contributed by atoms with Crippen LogP contribution in [0.4, 0.5) is 5.69 Å². The zero-order chi connectivity index (χ0) is 15.2. The van der Waals surface area contributed by atoms with Gasteiger partial charge in [-0.3, -0.25) is 0 Å². The second kappa shape index (κ2) is 8.47. The van der Waals surface area contributed by atoms with Crippen LogP contribution < -0.4 is 20.5 Å². The number of nitrogens with one attached hydrogen (secondary N) is 1. The van der Waals surface area contributed by atoms with E-state index in [4.69, 9.17) is 15.2 Å². The molecule has 1 heterocycles. The van der Waals surface area contributed by atoms with E-state index in [2.05, 4.69) is 15.3 Å². The van der Waals surface area contributed by atoms with Gasteiger partial charge in [0.05, 0.1) is 14.2 Å². The van der Waals surface area contributed by atoms with Crippen LogP contribution in [-0.4, -0.2) is 29.7 Å². The van der Waals surface area contributed by atoms with Gasteiger partial charge in [-0.25, -0.2) is 9.98 Å². The summed E-state index contributed by atoms with van der Waals surface area (Å²) >= 11 is 0. The number of aromatic nitrogens is 2. The molecule has 120 valence electrons. The van der Waals surface area contributed by atoms with Gasteiger partial charge < -0.3 is 25.1 Å². The van der Waals surface area contributed by atoms with Gasteiger partial charge in [-0.1, -0.05) is 0 Å². The number of aliphatic imine (C=N–C) groups is 1. The van der Waals surface area contributed by atoms with Crippen molar-refractivity contribution < 1.29 is 9.47 Å². The molecule has 8 heteroatoms. The molecule has 7 nitrogen and oxygen atoms in total. The summed E-state index contributed by atoms with van der Waals surface area (Å²) in [5.74, 6) is 2.43. The molecule has 0 bridgehead atoms. The first-order valence-electron chi connectivity index (χ1n) is 6.39. The van der Waals surface area contributed by atoms with Crippen molar-refractivity contribution in [2.45, 2.75) is 6.54 Å². The lowest BCUT2D eigenvalue weighted by molar-refractivity contribution is 0.355. The number of nitrogens with zero attached hydrogens (tertiary/aromatic N) is 3. The van der Waals surface area contributed by atoms with Gasteiger partial charge in [0.2, 0.25) is 0 Å². The van der Waals surface area contributed by atoms with E-state index in [1.807, 2.05) is 23.9 Å². The van der Waals surface area contributed by atoms with Crippen LogP contribution in [0.3, 0.4) is 0 Å². The highest BCUT2D eigenvalue weighted by atomic mass is 127. The molecule has 0 atom stereocenters. The van der Waals surface area contributed by atoms with E-state index in [1.54, 1.807) is 32.5 Å². The molecule has 1 aromatic carbocycles. The van der Waals surface area contributed by atoms with Crippen molar-refractivity contribution in [2.24, 2.45) is 17.8 Å². The van der Waals surface area contributed by atoms with Crippen LogP contribution in [0.15, 0.2) is 35.6 Å². The number of hydrogen-bond acceptors (Lipinski definition) is 4. The Morgan fingerprint density at radius 1 is 1.32 bits per heavy atom. The number of imidazole rings is 1.